The number of amides is 1. The van der Waals surface area contributed by atoms with Gasteiger partial charge in [0, 0.05) is 31.7 Å². The van der Waals surface area contributed by atoms with E-state index in [-0.39, 0.29) is 23.9 Å². The summed E-state index contributed by atoms with van der Waals surface area (Å²) in [6.45, 7) is 6.62. The minimum Gasteiger partial charge on any atom is -0.465 e. The lowest BCUT2D eigenvalue weighted by atomic mass is 9.99. The molecule has 4 heterocycles. The number of ether oxygens (including phenoxy) is 1. The molecule has 2 N–H and O–H groups in total. The van der Waals surface area contributed by atoms with Crippen molar-refractivity contribution in [2.45, 2.75) is 51.7 Å². The van der Waals surface area contributed by atoms with Gasteiger partial charge in [0.05, 0.1) is 12.6 Å². The lowest BCUT2D eigenvalue weighted by Crippen LogP contribution is -2.42. The Morgan fingerprint density at radius 2 is 2.15 bits per heavy atom. The minimum atomic E-state index is 0.0559. The maximum Gasteiger partial charge on any atom is 0.223 e. The van der Waals surface area contributed by atoms with Crippen LogP contribution >= 0.6 is 0 Å². The second-order valence-corrected chi connectivity index (χ2v) is 7.56. The molecule has 0 unspecified atom stereocenters. The number of aromatic amines is 1. The van der Waals surface area contributed by atoms with Crippen LogP contribution in [0.1, 0.15) is 48.5 Å². The minimum absolute atomic E-state index is 0.0559. The molecule has 0 aromatic carbocycles. The quantitative estimate of drug-likeness (QED) is 0.831. The normalized spacial score (nSPS) is 24.4. The first-order chi connectivity index (χ1) is 13.1. The highest BCUT2D eigenvalue weighted by atomic mass is 16.5. The first-order valence-corrected chi connectivity index (χ1v) is 9.65. The maximum absolute atomic E-state index is 12.6. The number of hydrogen-bond acceptors (Lipinski definition) is 6. The lowest BCUT2D eigenvalue weighted by Gasteiger charge is -2.23. The van der Waals surface area contributed by atoms with Crippen molar-refractivity contribution < 1.29 is 13.9 Å². The molecule has 1 amide bonds. The molecule has 2 atom stereocenters. The molecular formula is C19H27N5O3. The molecule has 0 spiro atoms. The third kappa shape index (κ3) is 4.22. The third-order valence-electron chi connectivity index (χ3n) is 5.41. The summed E-state index contributed by atoms with van der Waals surface area (Å²) < 4.78 is 11.1. The first kappa shape index (κ1) is 18.2. The van der Waals surface area contributed by atoms with Crippen molar-refractivity contribution >= 4 is 5.91 Å². The monoisotopic (exact) mass is 373 g/mol. The number of carbonyl (C=O) groups excluding carboxylic acids is 1. The van der Waals surface area contributed by atoms with E-state index < -0.39 is 0 Å². The van der Waals surface area contributed by atoms with Crippen molar-refractivity contribution in [2.24, 2.45) is 5.92 Å². The fraction of sp³-hybridized carbons (Fsp3) is 0.632. The van der Waals surface area contributed by atoms with Gasteiger partial charge >= 0.3 is 0 Å². The maximum atomic E-state index is 12.6. The molecule has 27 heavy (non-hydrogen) atoms. The van der Waals surface area contributed by atoms with Crippen LogP contribution in [0.5, 0.6) is 0 Å². The number of hydrogen-bond donors (Lipinski definition) is 2. The van der Waals surface area contributed by atoms with Crippen LogP contribution in [0, 0.1) is 19.8 Å². The summed E-state index contributed by atoms with van der Waals surface area (Å²) >= 11 is 0. The molecule has 2 saturated heterocycles. The number of H-pyrrole nitrogens is 1. The molecule has 8 nitrogen and oxygen atoms in total. The van der Waals surface area contributed by atoms with Gasteiger partial charge in [-0.15, -0.1) is 0 Å². The van der Waals surface area contributed by atoms with Crippen molar-refractivity contribution in [2.75, 3.05) is 19.8 Å². The molecule has 2 aromatic heterocycles. The van der Waals surface area contributed by atoms with Gasteiger partial charge in [0.2, 0.25) is 5.91 Å². The molecule has 2 aliphatic rings. The van der Waals surface area contributed by atoms with E-state index in [1.807, 2.05) is 26.0 Å². The Labute approximate surface area is 158 Å². The Morgan fingerprint density at radius 1 is 1.33 bits per heavy atom. The van der Waals surface area contributed by atoms with Gasteiger partial charge < -0.3 is 14.5 Å². The molecule has 146 valence electrons. The summed E-state index contributed by atoms with van der Waals surface area (Å²) in [7, 11) is 0. The number of likely N-dealkylation sites (tertiary alicyclic amines) is 1. The van der Waals surface area contributed by atoms with Crippen LogP contribution in [0.3, 0.4) is 0 Å². The van der Waals surface area contributed by atoms with Gasteiger partial charge in [0.15, 0.2) is 5.82 Å². The lowest BCUT2D eigenvalue weighted by molar-refractivity contribution is -0.128. The number of aromatic nitrogens is 3. The van der Waals surface area contributed by atoms with Gasteiger partial charge in [-0.1, -0.05) is 0 Å². The summed E-state index contributed by atoms with van der Waals surface area (Å²) in [4.78, 5) is 19.4. The smallest absolute Gasteiger partial charge is 0.223 e. The number of aryl methyl sites for hydroxylation is 2. The summed E-state index contributed by atoms with van der Waals surface area (Å²) in [6, 6.07) is 4.12. The van der Waals surface area contributed by atoms with Gasteiger partial charge in [0.1, 0.15) is 17.3 Å². The van der Waals surface area contributed by atoms with Crippen LogP contribution in [-0.4, -0.2) is 51.8 Å². The largest absolute Gasteiger partial charge is 0.465 e. The summed E-state index contributed by atoms with van der Waals surface area (Å²) in [5, 5.41) is 10.5. The zero-order valence-electron chi connectivity index (χ0n) is 15.9. The topological polar surface area (TPSA) is 96.3 Å². The molecule has 4 rings (SSSR count). The molecule has 8 heteroatoms. The van der Waals surface area contributed by atoms with E-state index in [1.54, 1.807) is 0 Å². The number of carbonyl (C=O) groups is 1. The highest BCUT2D eigenvalue weighted by Crippen LogP contribution is 2.32. The molecule has 2 aromatic rings. The van der Waals surface area contributed by atoms with Crippen LogP contribution < -0.4 is 5.32 Å². The fourth-order valence-electron chi connectivity index (χ4n) is 4.01. The van der Waals surface area contributed by atoms with Gasteiger partial charge in [-0.05, 0) is 45.2 Å². The zero-order valence-corrected chi connectivity index (χ0v) is 15.9. The van der Waals surface area contributed by atoms with E-state index in [2.05, 4.69) is 25.4 Å². The number of nitrogens with one attached hydrogen (secondary N) is 2. The Morgan fingerprint density at radius 3 is 2.81 bits per heavy atom. The second kappa shape index (κ2) is 7.82. The number of nitrogens with zero attached hydrogens (tertiary/aromatic N) is 3. The molecular weight excluding hydrogens is 346 g/mol. The fourth-order valence-corrected chi connectivity index (χ4v) is 4.01. The summed E-state index contributed by atoms with van der Waals surface area (Å²) in [5.74, 6) is 3.60. The van der Waals surface area contributed by atoms with Gasteiger partial charge in [-0.3, -0.25) is 14.8 Å². The van der Waals surface area contributed by atoms with Crippen LogP contribution in [0.2, 0.25) is 0 Å². The molecule has 0 saturated carbocycles. The Balaban J connectivity index is 1.45. The summed E-state index contributed by atoms with van der Waals surface area (Å²) in [5.41, 5.74) is 0. The van der Waals surface area contributed by atoms with Gasteiger partial charge in [0.25, 0.3) is 0 Å². The van der Waals surface area contributed by atoms with E-state index in [4.69, 9.17) is 9.15 Å². The van der Waals surface area contributed by atoms with Crippen molar-refractivity contribution in [1.82, 2.24) is 25.4 Å². The average molecular weight is 373 g/mol. The second-order valence-electron chi connectivity index (χ2n) is 7.56. The zero-order chi connectivity index (χ0) is 18.8. The van der Waals surface area contributed by atoms with E-state index in [0.29, 0.717) is 19.8 Å². The molecule has 0 radical (unpaired) electrons. The Kier molecular flexibility index (Phi) is 5.27. The number of furan rings is 1. The molecule has 0 aliphatic carbocycles. The van der Waals surface area contributed by atoms with Crippen LogP contribution in [-0.2, 0) is 16.1 Å². The average Bonchev–Trinajstić information content (AvgIpc) is 3.37. The first-order valence-electron chi connectivity index (χ1n) is 9.65. The van der Waals surface area contributed by atoms with E-state index in [1.165, 1.54) is 0 Å². The van der Waals surface area contributed by atoms with Crippen LogP contribution in [0.15, 0.2) is 16.5 Å². The molecule has 0 bridgehead atoms. The predicted molar refractivity (Wildman–Crippen MR) is 97.8 cm³/mol. The Bertz CT molecular complexity index is 780. The SMILES string of the molecule is Cc1nc([C@@H]2C[C@H](NC(=O)C3CCOCC3)CN2Cc2ccc(C)o2)n[nH]1. The van der Waals surface area contributed by atoms with Crippen molar-refractivity contribution in [3.05, 3.63) is 35.3 Å². The van der Waals surface area contributed by atoms with Gasteiger partial charge in [-0.25, -0.2) is 4.98 Å². The van der Waals surface area contributed by atoms with Crippen LogP contribution in [0.25, 0.3) is 0 Å². The summed E-state index contributed by atoms with van der Waals surface area (Å²) in [6.07, 6.45) is 2.40. The van der Waals surface area contributed by atoms with E-state index in [9.17, 15) is 4.79 Å². The number of rotatable bonds is 5. The highest BCUT2D eigenvalue weighted by molar-refractivity contribution is 5.79. The van der Waals surface area contributed by atoms with Crippen molar-refractivity contribution in [3.63, 3.8) is 0 Å². The molecule has 2 fully saturated rings. The van der Waals surface area contributed by atoms with Crippen molar-refractivity contribution in [1.29, 1.82) is 0 Å². The standard InChI is InChI=1S/C19H27N5O3/c1-12-3-4-16(27-12)11-24-10-15(9-17(24)18-20-13(2)22-23-18)21-19(25)14-5-7-26-8-6-14/h3-4,14-15,17H,5-11H2,1-2H3,(H,21,25)(H,20,22,23)/t15-,17-/m0/s1. The van der Waals surface area contributed by atoms with Crippen molar-refractivity contribution in [3.8, 4) is 0 Å². The van der Waals surface area contributed by atoms with E-state index >= 15 is 0 Å². The van der Waals surface area contributed by atoms with E-state index in [0.717, 1.165) is 49.0 Å². The molecule has 2 aliphatic heterocycles. The Hall–Kier alpha value is -2.19. The third-order valence-corrected chi connectivity index (χ3v) is 5.41. The van der Waals surface area contributed by atoms with Crippen LogP contribution in [0.4, 0.5) is 0 Å². The highest BCUT2D eigenvalue weighted by Gasteiger charge is 2.37. The predicted octanol–water partition coefficient (Wildman–Crippen LogP) is 1.87. The van der Waals surface area contributed by atoms with Gasteiger partial charge in [-0.2, -0.15) is 5.10 Å².